The predicted octanol–water partition coefficient (Wildman–Crippen LogP) is 3.63. The SMILES string of the molecule is NC(CCCSc1ccccc1)C(=O)OCc1ccccc1. The molecule has 1 atom stereocenters. The van der Waals surface area contributed by atoms with Crippen molar-refractivity contribution in [2.45, 2.75) is 30.4 Å². The zero-order chi connectivity index (χ0) is 15.6. The van der Waals surface area contributed by atoms with Crippen molar-refractivity contribution >= 4 is 17.7 Å². The van der Waals surface area contributed by atoms with Gasteiger partial charge in [-0.3, -0.25) is 4.79 Å². The van der Waals surface area contributed by atoms with Gasteiger partial charge in [-0.05, 0) is 36.3 Å². The van der Waals surface area contributed by atoms with E-state index in [1.807, 2.05) is 48.5 Å². The number of hydrogen-bond acceptors (Lipinski definition) is 4. The average molecular weight is 315 g/mol. The Morgan fingerprint density at radius 1 is 1.05 bits per heavy atom. The normalized spacial score (nSPS) is 11.9. The van der Waals surface area contributed by atoms with Crippen LogP contribution in [0.4, 0.5) is 0 Å². The number of esters is 1. The van der Waals surface area contributed by atoms with Gasteiger partial charge in [0.1, 0.15) is 12.6 Å². The quantitative estimate of drug-likeness (QED) is 0.459. The number of rotatable bonds is 8. The van der Waals surface area contributed by atoms with E-state index in [2.05, 4.69) is 12.1 Å². The van der Waals surface area contributed by atoms with E-state index in [4.69, 9.17) is 10.5 Å². The molecular formula is C18H21NO2S. The smallest absolute Gasteiger partial charge is 0.323 e. The van der Waals surface area contributed by atoms with Crippen LogP contribution in [-0.2, 0) is 16.1 Å². The minimum atomic E-state index is -0.542. The van der Waals surface area contributed by atoms with Gasteiger partial charge in [0.05, 0.1) is 0 Å². The van der Waals surface area contributed by atoms with Crippen LogP contribution in [0.5, 0.6) is 0 Å². The Bertz CT molecular complexity index is 560. The van der Waals surface area contributed by atoms with Gasteiger partial charge in [-0.15, -0.1) is 11.8 Å². The van der Waals surface area contributed by atoms with Crippen LogP contribution in [-0.4, -0.2) is 17.8 Å². The van der Waals surface area contributed by atoms with E-state index in [1.54, 1.807) is 11.8 Å². The molecule has 0 aliphatic heterocycles. The van der Waals surface area contributed by atoms with Crippen LogP contribution in [0.15, 0.2) is 65.6 Å². The fourth-order valence-electron chi connectivity index (χ4n) is 1.96. The maximum absolute atomic E-state index is 11.8. The molecule has 0 aliphatic rings. The van der Waals surface area contributed by atoms with Gasteiger partial charge in [0, 0.05) is 4.90 Å². The maximum Gasteiger partial charge on any atom is 0.323 e. The van der Waals surface area contributed by atoms with Crippen molar-refractivity contribution in [1.82, 2.24) is 0 Å². The molecule has 0 aromatic heterocycles. The van der Waals surface area contributed by atoms with Crippen molar-refractivity contribution in [2.24, 2.45) is 5.73 Å². The van der Waals surface area contributed by atoms with Crippen LogP contribution in [0.2, 0.25) is 0 Å². The minimum absolute atomic E-state index is 0.284. The predicted molar refractivity (Wildman–Crippen MR) is 90.6 cm³/mol. The number of thioether (sulfide) groups is 1. The number of nitrogens with two attached hydrogens (primary N) is 1. The highest BCUT2D eigenvalue weighted by Gasteiger charge is 2.14. The molecule has 1 unspecified atom stereocenters. The van der Waals surface area contributed by atoms with Crippen molar-refractivity contribution in [3.05, 3.63) is 66.2 Å². The molecule has 0 radical (unpaired) electrons. The summed E-state index contributed by atoms with van der Waals surface area (Å²) in [4.78, 5) is 13.1. The highest BCUT2D eigenvalue weighted by atomic mass is 32.2. The summed E-state index contributed by atoms with van der Waals surface area (Å²) < 4.78 is 5.23. The lowest BCUT2D eigenvalue weighted by Crippen LogP contribution is -2.32. The van der Waals surface area contributed by atoms with E-state index in [1.165, 1.54) is 4.90 Å². The molecule has 4 heteroatoms. The molecule has 2 N–H and O–H groups in total. The second-order valence-electron chi connectivity index (χ2n) is 5.00. The van der Waals surface area contributed by atoms with E-state index in [-0.39, 0.29) is 12.6 Å². The molecule has 3 nitrogen and oxygen atoms in total. The van der Waals surface area contributed by atoms with E-state index < -0.39 is 6.04 Å². The Morgan fingerprint density at radius 3 is 2.36 bits per heavy atom. The minimum Gasteiger partial charge on any atom is -0.460 e. The lowest BCUT2D eigenvalue weighted by Gasteiger charge is -2.11. The summed E-state index contributed by atoms with van der Waals surface area (Å²) >= 11 is 1.78. The number of benzene rings is 2. The number of carbonyl (C=O) groups is 1. The van der Waals surface area contributed by atoms with E-state index in [0.29, 0.717) is 6.42 Å². The molecule has 2 rings (SSSR count). The molecule has 22 heavy (non-hydrogen) atoms. The van der Waals surface area contributed by atoms with Crippen molar-refractivity contribution in [1.29, 1.82) is 0 Å². The maximum atomic E-state index is 11.8. The summed E-state index contributed by atoms with van der Waals surface area (Å²) in [5.41, 5.74) is 6.85. The Hall–Kier alpha value is -1.78. The standard InChI is InChI=1S/C18H21NO2S/c19-17(12-7-13-22-16-10-5-2-6-11-16)18(20)21-14-15-8-3-1-4-9-15/h1-6,8-11,17H,7,12-14,19H2. The van der Waals surface area contributed by atoms with Crippen molar-refractivity contribution in [3.63, 3.8) is 0 Å². The van der Waals surface area contributed by atoms with E-state index >= 15 is 0 Å². The first kappa shape index (κ1) is 16.6. The highest BCUT2D eigenvalue weighted by Crippen LogP contribution is 2.18. The zero-order valence-corrected chi connectivity index (χ0v) is 13.3. The van der Waals surface area contributed by atoms with Crippen LogP contribution in [0.3, 0.4) is 0 Å². The van der Waals surface area contributed by atoms with Gasteiger partial charge in [0.15, 0.2) is 0 Å². The third kappa shape index (κ3) is 5.92. The second-order valence-corrected chi connectivity index (χ2v) is 6.17. The number of hydrogen-bond donors (Lipinski definition) is 1. The molecule has 0 saturated heterocycles. The fourth-order valence-corrected chi connectivity index (χ4v) is 2.86. The Kier molecular flexibility index (Phi) is 7.00. The van der Waals surface area contributed by atoms with Crippen LogP contribution >= 0.6 is 11.8 Å². The first-order chi connectivity index (χ1) is 10.8. The molecule has 0 amide bonds. The molecule has 2 aromatic rings. The van der Waals surface area contributed by atoms with Crippen molar-refractivity contribution in [2.75, 3.05) is 5.75 Å². The molecule has 0 aliphatic carbocycles. The van der Waals surface area contributed by atoms with Gasteiger partial charge in [0.2, 0.25) is 0 Å². The average Bonchev–Trinajstić information content (AvgIpc) is 2.58. The first-order valence-corrected chi connectivity index (χ1v) is 8.38. The molecular weight excluding hydrogens is 294 g/mol. The number of carbonyl (C=O) groups excluding carboxylic acids is 1. The van der Waals surface area contributed by atoms with Gasteiger partial charge in [-0.25, -0.2) is 0 Å². The monoisotopic (exact) mass is 315 g/mol. The largest absolute Gasteiger partial charge is 0.460 e. The third-order valence-corrected chi connectivity index (χ3v) is 4.30. The summed E-state index contributed by atoms with van der Waals surface area (Å²) in [6, 6.07) is 19.3. The van der Waals surface area contributed by atoms with Gasteiger partial charge in [-0.1, -0.05) is 48.5 Å². The van der Waals surface area contributed by atoms with E-state index in [9.17, 15) is 4.79 Å². The van der Waals surface area contributed by atoms with Gasteiger partial charge in [0.25, 0.3) is 0 Å². The van der Waals surface area contributed by atoms with Crippen LogP contribution in [0, 0.1) is 0 Å². The molecule has 0 heterocycles. The summed E-state index contributed by atoms with van der Waals surface area (Å²) in [6.45, 7) is 0.284. The Labute approximate surface area is 135 Å². The molecule has 0 fully saturated rings. The molecule has 0 bridgehead atoms. The lowest BCUT2D eigenvalue weighted by atomic mass is 10.2. The molecule has 0 spiro atoms. The zero-order valence-electron chi connectivity index (χ0n) is 12.5. The van der Waals surface area contributed by atoms with Gasteiger partial charge >= 0.3 is 5.97 Å². The highest BCUT2D eigenvalue weighted by molar-refractivity contribution is 7.99. The summed E-state index contributed by atoms with van der Waals surface area (Å²) in [5, 5.41) is 0. The molecule has 116 valence electrons. The molecule has 2 aromatic carbocycles. The topological polar surface area (TPSA) is 52.3 Å². The summed E-state index contributed by atoms with van der Waals surface area (Å²) in [6.07, 6.45) is 1.54. The van der Waals surface area contributed by atoms with Gasteiger partial charge < -0.3 is 10.5 Å². The summed E-state index contributed by atoms with van der Waals surface area (Å²) in [5.74, 6) is 0.623. The second kappa shape index (κ2) is 9.28. The lowest BCUT2D eigenvalue weighted by molar-refractivity contribution is -0.146. The van der Waals surface area contributed by atoms with Crippen molar-refractivity contribution in [3.8, 4) is 0 Å². The fraction of sp³-hybridized carbons (Fsp3) is 0.278. The summed E-state index contributed by atoms with van der Waals surface area (Å²) in [7, 11) is 0. The Morgan fingerprint density at radius 2 is 1.68 bits per heavy atom. The van der Waals surface area contributed by atoms with Crippen molar-refractivity contribution < 1.29 is 9.53 Å². The van der Waals surface area contributed by atoms with Crippen LogP contribution in [0.25, 0.3) is 0 Å². The Balaban J connectivity index is 1.62. The van der Waals surface area contributed by atoms with Crippen LogP contribution in [0.1, 0.15) is 18.4 Å². The third-order valence-electron chi connectivity index (χ3n) is 3.20. The first-order valence-electron chi connectivity index (χ1n) is 7.39. The van der Waals surface area contributed by atoms with Crippen LogP contribution < -0.4 is 5.73 Å². The van der Waals surface area contributed by atoms with Gasteiger partial charge in [-0.2, -0.15) is 0 Å². The van der Waals surface area contributed by atoms with E-state index in [0.717, 1.165) is 17.7 Å². The molecule has 0 saturated carbocycles. The number of ether oxygens (including phenoxy) is 1.